The summed E-state index contributed by atoms with van der Waals surface area (Å²) in [5, 5.41) is 5.86. The molecule has 2 N–H and O–H groups in total. The van der Waals surface area contributed by atoms with Gasteiger partial charge in [-0.05, 0) is 25.0 Å². The number of ketones is 1. The third-order valence-corrected chi connectivity index (χ3v) is 4.85. The van der Waals surface area contributed by atoms with Crippen LogP contribution in [0.1, 0.15) is 36.0 Å². The maximum atomic E-state index is 12.3. The Kier molecular flexibility index (Phi) is 6.78. The number of nitrogens with one attached hydrogen (secondary N) is 2. The van der Waals surface area contributed by atoms with Gasteiger partial charge in [-0.15, -0.1) is 0 Å². The van der Waals surface area contributed by atoms with Gasteiger partial charge in [-0.1, -0.05) is 48.5 Å². The molecule has 2 aromatic rings. The van der Waals surface area contributed by atoms with E-state index in [1.807, 2.05) is 48.5 Å². The van der Waals surface area contributed by atoms with Gasteiger partial charge >= 0.3 is 6.03 Å². The van der Waals surface area contributed by atoms with Gasteiger partial charge in [0.15, 0.2) is 5.78 Å². The number of urea groups is 1. The molecule has 0 aliphatic carbocycles. The second-order valence-electron chi connectivity index (χ2n) is 6.91. The molecule has 1 heterocycles. The van der Waals surface area contributed by atoms with Crippen LogP contribution < -0.4 is 10.6 Å². The van der Waals surface area contributed by atoms with Gasteiger partial charge in [0.05, 0.1) is 0 Å². The molecule has 1 aliphatic heterocycles. The van der Waals surface area contributed by atoms with Gasteiger partial charge in [-0.2, -0.15) is 0 Å². The van der Waals surface area contributed by atoms with Gasteiger partial charge in [0, 0.05) is 43.2 Å². The van der Waals surface area contributed by atoms with Crippen molar-refractivity contribution in [3.8, 4) is 0 Å². The minimum Gasteiger partial charge on any atom is -0.353 e. The summed E-state index contributed by atoms with van der Waals surface area (Å²) in [5.41, 5.74) is 1.40. The van der Waals surface area contributed by atoms with E-state index in [0.29, 0.717) is 31.5 Å². The number of anilines is 1. The lowest BCUT2D eigenvalue weighted by atomic mass is 10.0. The molecule has 1 aliphatic rings. The van der Waals surface area contributed by atoms with Crippen LogP contribution in [0.5, 0.6) is 0 Å². The number of Topliss-reactive ketones (excluding diaryl/α,β-unsaturated/α-hetero) is 1. The molecule has 0 atom stereocenters. The fourth-order valence-corrected chi connectivity index (χ4v) is 3.25. The summed E-state index contributed by atoms with van der Waals surface area (Å²) in [6.45, 7) is 1.18. The van der Waals surface area contributed by atoms with Crippen LogP contribution in [0.25, 0.3) is 0 Å². The predicted octanol–water partition coefficient (Wildman–Crippen LogP) is 3.46. The van der Waals surface area contributed by atoms with Crippen LogP contribution in [0.3, 0.4) is 0 Å². The Morgan fingerprint density at radius 1 is 0.857 bits per heavy atom. The lowest BCUT2D eigenvalue weighted by Gasteiger charge is -2.32. The third kappa shape index (κ3) is 5.67. The molecular formula is C22H25N3O3. The Morgan fingerprint density at radius 3 is 2.11 bits per heavy atom. The molecule has 0 spiro atoms. The number of hydrogen-bond acceptors (Lipinski definition) is 3. The molecule has 1 fully saturated rings. The second kappa shape index (κ2) is 9.69. The summed E-state index contributed by atoms with van der Waals surface area (Å²) in [7, 11) is 0. The number of benzene rings is 2. The summed E-state index contributed by atoms with van der Waals surface area (Å²) in [6.07, 6.45) is 1.80. The first-order valence-corrected chi connectivity index (χ1v) is 9.60. The van der Waals surface area contributed by atoms with Crippen molar-refractivity contribution in [1.82, 2.24) is 10.2 Å². The molecule has 0 unspecified atom stereocenters. The Labute approximate surface area is 164 Å². The van der Waals surface area contributed by atoms with Gasteiger partial charge < -0.3 is 15.5 Å². The van der Waals surface area contributed by atoms with Crippen LogP contribution in [0.4, 0.5) is 10.5 Å². The number of hydrogen-bond donors (Lipinski definition) is 2. The molecule has 3 rings (SSSR count). The first-order valence-electron chi connectivity index (χ1n) is 9.60. The summed E-state index contributed by atoms with van der Waals surface area (Å²) < 4.78 is 0. The number of amides is 3. The van der Waals surface area contributed by atoms with E-state index in [-0.39, 0.29) is 36.6 Å². The average Bonchev–Trinajstić information content (AvgIpc) is 2.74. The minimum absolute atomic E-state index is 0.0249. The monoisotopic (exact) mass is 379 g/mol. The number of likely N-dealkylation sites (tertiary alicyclic amines) is 1. The van der Waals surface area contributed by atoms with Gasteiger partial charge in [0.25, 0.3) is 0 Å². The van der Waals surface area contributed by atoms with Crippen molar-refractivity contribution in [2.24, 2.45) is 0 Å². The van der Waals surface area contributed by atoms with E-state index in [2.05, 4.69) is 10.6 Å². The first-order chi connectivity index (χ1) is 13.6. The van der Waals surface area contributed by atoms with E-state index in [1.165, 1.54) is 0 Å². The maximum Gasteiger partial charge on any atom is 0.321 e. The van der Waals surface area contributed by atoms with Crippen LogP contribution in [0.15, 0.2) is 60.7 Å². The fourth-order valence-electron chi connectivity index (χ4n) is 3.25. The van der Waals surface area contributed by atoms with Crippen molar-refractivity contribution >= 4 is 23.4 Å². The number of piperidine rings is 1. The van der Waals surface area contributed by atoms with Crippen LogP contribution in [-0.2, 0) is 4.79 Å². The largest absolute Gasteiger partial charge is 0.353 e. The van der Waals surface area contributed by atoms with Crippen molar-refractivity contribution in [3.63, 3.8) is 0 Å². The summed E-state index contributed by atoms with van der Waals surface area (Å²) in [5.74, 6) is -0.139. The van der Waals surface area contributed by atoms with E-state index in [4.69, 9.17) is 0 Å². The number of nitrogens with zero attached hydrogens (tertiary/aromatic N) is 1. The molecule has 6 heteroatoms. The van der Waals surface area contributed by atoms with E-state index < -0.39 is 0 Å². The van der Waals surface area contributed by atoms with Crippen molar-refractivity contribution in [2.45, 2.75) is 31.7 Å². The topological polar surface area (TPSA) is 78.5 Å². The number of rotatable bonds is 6. The number of carbonyl (C=O) groups is 3. The maximum absolute atomic E-state index is 12.3. The number of carbonyl (C=O) groups excluding carboxylic acids is 3. The molecule has 3 amide bonds. The molecule has 146 valence electrons. The van der Waals surface area contributed by atoms with Crippen LogP contribution >= 0.6 is 0 Å². The van der Waals surface area contributed by atoms with E-state index >= 15 is 0 Å². The quantitative estimate of drug-likeness (QED) is 0.755. The van der Waals surface area contributed by atoms with Gasteiger partial charge in [-0.25, -0.2) is 4.79 Å². The normalized spacial score (nSPS) is 14.4. The Morgan fingerprint density at radius 2 is 1.46 bits per heavy atom. The second-order valence-corrected chi connectivity index (χ2v) is 6.91. The SMILES string of the molecule is O=C(CCC(=O)c1ccccc1)NC1CCN(C(=O)Nc2ccccc2)CC1. The van der Waals surface area contributed by atoms with Crippen LogP contribution in [-0.4, -0.2) is 41.8 Å². The molecule has 2 aromatic carbocycles. The summed E-state index contributed by atoms with van der Waals surface area (Å²) in [6, 6.07) is 18.3. The molecule has 0 saturated carbocycles. The van der Waals surface area contributed by atoms with Gasteiger partial charge in [0.2, 0.25) is 5.91 Å². The molecule has 0 bridgehead atoms. The zero-order chi connectivity index (χ0) is 19.8. The highest BCUT2D eigenvalue weighted by Gasteiger charge is 2.24. The minimum atomic E-state index is -0.121. The van der Waals surface area contributed by atoms with Gasteiger partial charge in [0.1, 0.15) is 0 Å². The zero-order valence-corrected chi connectivity index (χ0v) is 15.8. The Bertz CT molecular complexity index is 800. The summed E-state index contributed by atoms with van der Waals surface area (Å²) in [4.78, 5) is 38.3. The van der Waals surface area contributed by atoms with Gasteiger partial charge in [-0.3, -0.25) is 9.59 Å². The van der Waals surface area contributed by atoms with E-state index in [1.54, 1.807) is 17.0 Å². The Balaban J connectivity index is 1.37. The smallest absolute Gasteiger partial charge is 0.321 e. The molecule has 0 radical (unpaired) electrons. The third-order valence-electron chi connectivity index (χ3n) is 4.85. The molecule has 1 saturated heterocycles. The molecule has 0 aromatic heterocycles. The lowest BCUT2D eigenvalue weighted by Crippen LogP contribution is -2.47. The predicted molar refractivity (Wildman–Crippen MR) is 108 cm³/mol. The molecular weight excluding hydrogens is 354 g/mol. The highest BCUT2D eigenvalue weighted by atomic mass is 16.2. The van der Waals surface area contributed by atoms with Crippen molar-refractivity contribution < 1.29 is 14.4 Å². The molecule has 6 nitrogen and oxygen atoms in total. The van der Waals surface area contributed by atoms with Crippen molar-refractivity contribution in [2.75, 3.05) is 18.4 Å². The van der Waals surface area contributed by atoms with Crippen LogP contribution in [0.2, 0.25) is 0 Å². The lowest BCUT2D eigenvalue weighted by molar-refractivity contribution is -0.122. The van der Waals surface area contributed by atoms with E-state index in [0.717, 1.165) is 5.69 Å². The van der Waals surface area contributed by atoms with Crippen molar-refractivity contribution in [1.29, 1.82) is 0 Å². The average molecular weight is 379 g/mol. The molecule has 28 heavy (non-hydrogen) atoms. The van der Waals surface area contributed by atoms with Crippen molar-refractivity contribution in [3.05, 3.63) is 66.2 Å². The first kappa shape index (κ1) is 19.6. The summed E-state index contributed by atoms with van der Waals surface area (Å²) >= 11 is 0. The standard InChI is InChI=1S/C22H25N3O3/c26-20(17-7-3-1-4-8-17)11-12-21(27)23-19-13-15-25(16-14-19)22(28)24-18-9-5-2-6-10-18/h1-10,19H,11-16H2,(H,23,27)(H,24,28). The highest BCUT2D eigenvalue weighted by Crippen LogP contribution is 2.14. The number of para-hydroxylation sites is 1. The van der Waals surface area contributed by atoms with Crippen LogP contribution in [0, 0.1) is 0 Å². The zero-order valence-electron chi connectivity index (χ0n) is 15.8. The Hall–Kier alpha value is -3.15. The highest BCUT2D eigenvalue weighted by molar-refractivity contribution is 5.97. The van der Waals surface area contributed by atoms with E-state index in [9.17, 15) is 14.4 Å². The fraction of sp³-hybridized carbons (Fsp3) is 0.318.